The Hall–Kier alpha value is -1.81. The molecule has 1 fully saturated rings. The van der Waals surface area contributed by atoms with Crippen LogP contribution in [0.2, 0.25) is 0 Å². The summed E-state index contributed by atoms with van der Waals surface area (Å²) in [5.74, 6) is 0.755. The van der Waals surface area contributed by atoms with E-state index < -0.39 is 15.1 Å². The highest BCUT2D eigenvalue weighted by atomic mass is 32.2. The minimum absolute atomic E-state index is 0.0349. The van der Waals surface area contributed by atoms with Gasteiger partial charge in [-0.15, -0.1) is 10.2 Å². The first-order valence-corrected chi connectivity index (χ1v) is 10.6. The first-order chi connectivity index (χ1) is 11.9. The summed E-state index contributed by atoms with van der Waals surface area (Å²) in [7, 11) is -3.04. The topological polar surface area (TPSA) is 107 Å². The van der Waals surface area contributed by atoms with Gasteiger partial charge in [-0.2, -0.15) is 0 Å². The van der Waals surface area contributed by atoms with Crippen LogP contribution in [0.1, 0.15) is 20.3 Å². The van der Waals surface area contributed by atoms with Crippen molar-refractivity contribution >= 4 is 27.5 Å². The Morgan fingerprint density at radius 2 is 2.28 bits per heavy atom. The summed E-state index contributed by atoms with van der Waals surface area (Å²) in [5, 5.41) is 7.62. The van der Waals surface area contributed by atoms with Gasteiger partial charge in [-0.3, -0.25) is 4.79 Å². The summed E-state index contributed by atoms with van der Waals surface area (Å²) in [4.78, 5) is 14.3. The van der Waals surface area contributed by atoms with Crippen LogP contribution in [-0.2, 0) is 14.6 Å². The molecule has 0 aliphatic carbocycles. The number of aromatic nitrogens is 2. The number of thioether (sulfide) groups is 1. The van der Waals surface area contributed by atoms with E-state index in [0.717, 1.165) is 11.8 Å². The van der Waals surface area contributed by atoms with Crippen LogP contribution in [0.5, 0.6) is 0 Å². The molecule has 0 spiro atoms. The van der Waals surface area contributed by atoms with E-state index in [1.807, 2.05) is 6.92 Å². The Bertz CT molecular complexity index is 831. The van der Waals surface area contributed by atoms with Gasteiger partial charge in [-0.1, -0.05) is 11.8 Å². The molecule has 2 atom stereocenters. The van der Waals surface area contributed by atoms with Gasteiger partial charge in [0.15, 0.2) is 15.6 Å². The average Bonchev–Trinajstić information content (AvgIpc) is 3.28. The molecule has 25 heavy (non-hydrogen) atoms. The van der Waals surface area contributed by atoms with Crippen LogP contribution in [0.25, 0.3) is 11.7 Å². The molecule has 1 aliphatic rings. The fraction of sp³-hybridized carbons (Fsp3) is 0.533. The number of hydrogen-bond donors (Lipinski definition) is 0. The van der Waals surface area contributed by atoms with Gasteiger partial charge >= 0.3 is 0 Å². The van der Waals surface area contributed by atoms with E-state index in [2.05, 4.69) is 10.2 Å². The van der Waals surface area contributed by atoms with Crippen molar-refractivity contribution in [1.29, 1.82) is 0 Å². The molecular weight excluding hydrogens is 366 g/mol. The predicted molar refractivity (Wildman–Crippen MR) is 91.8 cm³/mol. The van der Waals surface area contributed by atoms with Crippen molar-refractivity contribution in [2.24, 2.45) is 0 Å². The van der Waals surface area contributed by atoms with Crippen molar-refractivity contribution in [2.75, 3.05) is 18.1 Å². The molecule has 1 amide bonds. The van der Waals surface area contributed by atoms with Gasteiger partial charge in [0.2, 0.25) is 5.91 Å². The third-order valence-electron chi connectivity index (χ3n) is 4.04. The number of hydrogen-bond acceptors (Lipinski definition) is 8. The predicted octanol–water partition coefficient (Wildman–Crippen LogP) is 1.85. The van der Waals surface area contributed by atoms with Gasteiger partial charge in [-0.25, -0.2) is 8.42 Å². The lowest BCUT2D eigenvalue weighted by Crippen LogP contribution is -2.44. The Balaban J connectivity index is 1.65. The minimum Gasteiger partial charge on any atom is -0.459 e. The normalized spacial score (nSPS) is 20.5. The Labute approximate surface area is 149 Å². The van der Waals surface area contributed by atoms with Crippen molar-refractivity contribution in [3.8, 4) is 11.7 Å². The second kappa shape index (κ2) is 7.20. The summed E-state index contributed by atoms with van der Waals surface area (Å²) in [6, 6.07) is 3.16. The molecule has 0 saturated carbocycles. The molecule has 3 rings (SSSR count). The van der Waals surface area contributed by atoms with Crippen molar-refractivity contribution in [3.63, 3.8) is 0 Å². The molecule has 0 N–H and O–H groups in total. The standard InChI is InChI=1S/C15H19N3O5S2/c1-3-18(11-6-8-25(20,21)9-11)14(19)10(2)24-15-17-16-13(23-15)12-5-4-7-22-12/h4-5,7,10-11H,3,6,8-9H2,1-2H3/t10-,11-/m1/s1. The van der Waals surface area contributed by atoms with E-state index in [-0.39, 0.29) is 34.6 Å². The number of furan rings is 1. The highest BCUT2D eigenvalue weighted by Crippen LogP contribution is 2.28. The number of carbonyl (C=O) groups excluding carboxylic acids is 1. The lowest BCUT2D eigenvalue weighted by molar-refractivity contribution is -0.131. The fourth-order valence-electron chi connectivity index (χ4n) is 2.81. The fourth-order valence-corrected chi connectivity index (χ4v) is 5.29. The van der Waals surface area contributed by atoms with E-state index in [0.29, 0.717) is 18.7 Å². The van der Waals surface area contributed by atoms with E-state index in [4.69, 9.17) is 8.83 Å². The molecule has 1 saturated heterocycles. The van der Waals surface area contributed by atoms with Crippen LogP contribution < -0.4 is 0 Å². The van der Waals surface area contributed by atoms with E-state index in [1.54, 1.807) is 24.0 Å². The van der Waals surface area contributed by atoms with Gasteiger partial charge in [0.1, 0.15) is 0 Å². The summed E-state index contributed by atoms with van der Waals surface area (Å²) in [6.45, 7) is 4.06. The van der Waals surface area contributed by atoms with E-state index >= 15 is 0 Å². The van der Waals surface area contributed by atoms with Crippen LogP contribution in [-0.4, -0.2) is 58.8 Å². The zero-order valence-electron chi connectivity index (χ0n) is 13.9. The maximum atomic E-state index is 12.7. The second-order valence-corrected chi connectivity index (χ2v) is 9.31. The first kappa shape index (κ1) is 18.0. The quantitative estimate of drug-likeness (QED) is 0.694. The number of sulfone groups is 1. The molecular formula is C15H19N3O5S2. The first-order valence-electron chi connectivity index (χ1n) is 7.94. The molecule has 0 unspecified atom stereocenters. The molecule has 1 aliphatic heterocycles. The van der Waals surface area contributed by atoms with Crippen molar-refractivity contribution in [3.05, 3.63) is 18.4 Å². The Morgan fingerprint density at radius 1 is 1.48 bits per heavy atom. The SMILES string of the molecule is CCN(C(=O)[C@@H](C)Sc1nnc(-c2ccco2)o1)[C@@H]1CCS(=O)(=O)C1. The highest BCUT2D eigenvalue weighted by Gasteiger charge is 2.35. The van der Waals surface area contributed by atoms with Crippen molar-refractivity contribution < 1.29 is 22.0 Å². The lowest BCUT2D eigenvalue weighted by atomic mass is 10.2. The van der Waals surface area contributed by atoms with Crippen LogP contribution in [0.15, 0.2) is 32.5 Å². The van der Waals surface area contributed by atoms with Crippen LogP contribution in [0, 0.1) is 0 Å². The summed E-state index contributed by atoms with van der Waals surface area (Å²) >= 11 is 1.15. The maximum absolute atomic E-state index is 12.7. The number of rotatable bonds is 6. The third kappa shape index (κ3) is 4.06. The minimum atomic E-state index is -3.04. The van der Waals surface area contributed by atoms with Gasteiger partial charge in [0.25, 0.3) is 11.1 Å². The summed E-state index contributed by atoms with van der Waals surface area (Å²) < 4.78 is 34.0. The molecule has 3 heterocycles. The average molecular weight is 385 g/mol. The molecule has 0 radical (unpaired) electrons. The smallest absolute Gasteiger partial charge is 0.284 e. The summed E-state index contributed by atoms with van der Waals surface area (Å²) in [5.41, 5.74) is 0. The maximum Gasteiger partial charge on any atom is 0.284 e. The van der Waals surface area contributed by atoms with Crippen molar-refractivity contribution in [2.45, 2.75) is 36.8 Å². The monoisotopic (exact) mass is 385 g/mol. The van der Waals surface area contributed by atoms with E-state index in [1.165, 1.54) is 6.26 Å². The largest absolute Gasteiger partial charge is 0.459 e. The third-order valence-corrected chi connectivity index (χ3v) is 6.71. The van der Waals surface area contributed by atoms with Crippen molar-refractivity contribution in [1.82, 2.24) is 15.1 Å². The Kier molecular flexibility index (Phi) is 5.19. The van der Waals surface area contributed by atoms with E-state index in [9.17, 15) is 13.2 Å². The molecule has 0 aromatic carbocycles. The van der Waals surface area contributed by atoms with Gasteiger partial charge in [0.05, 0.1) is 23.0 Å². The zero-order chi connectivity index (χ0) is 18.0. The molecule has 0 bridgehead atoms. The molecule has 2 aromatic heterocycles. The van der Waals surface area contributed by atoms with Gasteiger partial charge in [-0.05, 0) is 32.4 Å². The number of nitrogens with zero attached hydrogens (tertiary/aromatic N) is 3. The van der Waals surface area contributed by atoms with Crippen LogP contribution >= 0.6 is 11.8 Å². The molecule has 10 heteroatoms. The molecule has 8 nitrogen and oxygen atoms in total. The molecule has 136 valence electrons. The Morgan fingerprint density at radius 3 is 2.88 bits per heavy atom. The molecule has 2 aromatic rings. The van der Waals surface area contributed by atoms with Crippen LogP contribution in [0.3, 0.4) is 0 Å². The highest BCUT2D eigenvalue weighted by molar-refractivity contribution is 8.00. The lowest BCUT2D eigenvalue weighted by Gasteiger charge is -2.28. The van der Waals surface area contributed by atoms with Gasteiger partial charge in [0, 0.05) is 12.6 Å². The summed E-state index contributed by atoms with van der Waals surface area (Å²) in [6.07, 6.45) is 2.00. The van der Waals surface area contributed by atoms with Crippen LogP contribution in [0.4, 0.5) is 0 Å². The number of carbonyl (C=O) groups is 1. The second-order valence-electron chi connectivity index (χ2n) is 5.79. The van der Waals surface area contributed by atoms with Gasteiger partial charge < -0.3 is 13.7 Å². The number of amides is 1. The zero-order valence-corrected chi connectivity index (χ0v) is 15.5.